The highest BCUT2D eigenvalue weighted by Gasteiger charge is 2.21. The first-order valence-electron chi connectivity index (χ1n) is 6.09. The zero-order chi connectivity index (χ0) is 12.0. The summed E-state index contributed by atoms with van der Waals surface area (Å²) in [6.45, 7) is 3.76. The Morgan fingerprint density at radius 1 is 1.38 bits per heavy atom. The van der Waals surface area contributed by atoms with Gasteiger partial charge in [0.2, 0.25) is 5.91 Å². The van der Waals surface area contributed by atoms with Crippen molar-refractivity contribution in [3.05, 3.63) is 0 Å². The summed E-state index contributed by atoms with van der Waals surface area (Å²) in [4.78, 5) is 22.9. The Labute approximate surface area is 96.7 Å². The molecule has 0 radical (unpaired) electrons. The first-order chi connectivity index (χ1) is 7.63. The van der Waals surface area contributed by atoms with E-state index in [9.17, 15) is 9.59 Å². The van der Waals surface area contributed by atoms with Crippen molar-refractivity contribution >= 4 is 11.9 Å². The lowest BCUT2D eigenvalue weighted by Crippen LogP contribution is -2.40. The molecule has 1 saturated carbocycles. The molecule has 92 valence electrons. The SMILES string of the molecule is CCOC(=O)C(C)NC(=O)CC1CCCC1. The van der Waals surface area contributed by atoms with Crippen molar-refractivity contribution in [1.29, 1.82) is 0 Å². The Balaban J connectivity index is 2.24. The minimum atomic E-state index is -0.533. The first-order valence-corrected chi connectivity index (χ1v) is 6.09. The van der Waals surface area contributed by atoms with Crippen LogP contribution in [-0.2, 0) is 14.3 Å². The second-order valence-corrected chi connectivity index (χ2v) is 4.40. The summed E-state index contributed by atoms with van der Waals surface area (Å²) < 4.78 is 4.82. The molecule has 1 amide bonds. The van der Waals surface area contributed by atoms with E-state index in [4.69, 9.17) is 4.74 Å². The Bertz CT molecular complexity index is 247. The van der Waals surface area contributed by atoms with Crippen molar-refractivity contribution in [3.63, 3.8) is 0 Å². The fraction of sp³-hybridized carbons (Fsp3) is 0.833. The molecule has 1 N–H and O–H groups in total. The zero-order valence-electron chi connectivity index (χ0n) is 10.1. The normalized spacial score (nSPS) is 18.1. The number of carbonyl (C=O) groups is 2. The van der Waals surface area contributed by atoms with E-state index < -0.39 is 6.04 Å². The first kappa shape index (κ1) is 13.0. The van der Waals surface area contributed by atoms with E-state index in [0.29, 0.717) is 18.9 Å². The second kappa shape index (κ2) is 6.51. The van der Waals surface area contributed by atoms with Crippen LogP contribution in [0.3, 0.4) is 0 Å². The summed E-state index contributed by atoms with van der Waals surface area (Å²) in [5, 5.41) is 2.68. The van der Waals surface area contributed by atoms with E-state index in [1.807, 2.05) is 0 Å². The molecule has 0 aromatic heterocycles. The fourth-order valence-corrected chi connectivity index (χ4v) is 2.10. The van der Waals surface area contributed by atoms with E-state index in [1.54, 1.807) is 13.8 Å². The van der Waals surface area contributed by atoms with E-state index in [0.717, 1.165) is 12.8 Å². The molecule has 0 bridgehead atoms. The lowest BCUT2D eigenvalue weighted by molar-refractivity contribution is -0.146. The zero-order valence-corrected chi connectivity index (χ0v) is 10.1. The van der Waals surface area contributed by atoms with Crippen molar-refractivity contribution < 1.29 is 14.3 Å². The molecule has 0 heterocycles. The average Bonchev–Trinajstić information content (AvgIpc) is 2.70. The lowest BCUT2D eigenvalue weighted by Gasteiger charge is -2.14. The molecule has 4 heteroatoms. The molecule has 16 heavy (non-hydrogen) atoms. The molecule has 0 aromatic carbocycles. The van der Waals surface area contributed by atoms with Crippen LogP contribution in [0, 0.1) is 5.92 Å². The van der Waals surface area contributed by atoms with Crippen molar-refractivity contribution in [2.45, 2.75) is 52.0 Å². The molecule has 1 fully saturated rings. The molecule has 0 spiro atoms. The van der Waals surface area contributed by atoms with Crippen LogP contribution in [0.25, 0.3) is 0 Å². The maximum atomic E-state index is 11.6. The third-order valence-corrected chi connectivity index (χ3v) is 2.97. The van der Waals surface area contributed by atoms with Crippen LogP contribution in [0.1, 0.15) is 46.0 Å². The van der Waals surface area contributed by atoms with Gasteiger partial charge in [-0.25, -0.2) is 4.79 Å². The number of hydrogen-bond acceptors (Lipinski definition) is 3. The summed E-state index contributed by atoms with van der Waals surface area (Å²) in [5.41, 5.74) is 0. The largest absolute Gasteiger partial charge is 0.464 e. The maximum Gasteiger partial charge on any atom is 0.328 e. The number of nitrogens with one attached hydrogen (secondary N) is 1. The van der Waals surface area contributed by atoms with Gasteiger partial charge in [-0.05, 0) is 32.6 Å². The molecule has 1 rings (SSSR count). The Hall–Kier alpha value is -1.06. The topological polar surface area (TPSA) is 55.4 Å². The third-order valence-electron chi connectivity index (χ3n) is 2.97. The number of rotatable bonds is 5. The van der Waals surface area contributed by atoms with Gasteiger partial charge in [0.15, 0.2) is 0 Å². The molecule has 4 nitrogen and oxygen atoms in total. The number of carbonyl (C=O) groups excluding carboxylic acids is 2. The molecule has 1 aliphatic carbocycles. The minimum absolute atomic E-state index is 0.0348. The second-order valence-electron chi connectivity index (χ2n) is 4.40. The molecule has 1 aliphatic rings. The summed E-state index contributed by atoms with van der Waals surface area (Å²) >= 11 is 0. The van der Waals surface area contributed by atoms with E-state index in [2.05, 4.69) is 5.32 Å². The number of esters is 1. The van der Waals surface area contributed by atoms with Gasteiger partial charge in [-0.3, -0.25) is 4.79 Å². The van der Waals surface area contributed by atoms with Crippen LogP contribution in [0.2, 0.25) is 0 Å². The van der Waals surface area contributed by atoms with Gasteiger partial charge in [0.05, 0.1) is 6.61 Å². The molecular weight excluding hydrogens is 206 g/mol. The van der Waals surface area contributed by atoms with Crippen LogP contribution in [-0.4, -0.2) is 24.5 Å². The van der Waals surface area contributed by atoms with Gasteiger partial charge in [0, 0.05) is 6.42 Å². The highest BCUT2D eigenvalue weighted by molar-refractivity contribution is 5.84. The molecule has 0 saturated heterocycles. The van der Waals surface area contributed by atoms with Crippen molar-refractivity contribution in [2.75, 3.05) is 6.61 Å². The van der Waals surface area contributed by atoms with Crippen LogP contribution in [0.4, 0.5) is 0 Å². The lowest BCUT2D eigenvalue weighted by atomic mass is 10.0. The van der Waals surface area contributed by atoms with Crippen molar-refractivity contribution in [3.8, 4) is 0 Å². The van der Waals surface area contributed by atoms with Crippen LogP contribution in [0.15, 0.2) is 0 Å². The van der Waals surface area contributed by atoms with Gasteiger partial charge in [-0.15, -0.1) is 0 Å². The van der Waals surface area contributed by atoms with Crippen molar-refractivity contribution in [1.82, 2.24) is 5.32 Å². The monoisotopic (exact) mass is 227 g/mol. The smallest absolute Gasteiger partial charge is 0.328 e. The van der Waals surface area contributed by atoms with Crippen LogP contribution in [0.5, 0.6) is 0 Å². The standard InChI is InChI=1S/C12H21NO3/c1-3-16-12(15)9(2)13-11(14)8-10-6-4-5-7-10/h9-10H,3-8H2,1-2H3,(H,13,14). The summed E-state index contributed by atoms with van der Waals surface area (Å²) in [7, 11) is 0. The van der Waals surface area contributed by atoms with Gasteiger partial charge in [0.1, 0.15) is 6.04 Å². The summed E-state index contributed by atoms with van der Waals surface area (Å²) in [6.07, 6.45) is 5.28. The molecule has 1 atom stereocenters. The van der Waals surface area contributed by atoms with E-state index in [-0.39, 0.29) is 11.9 Å². The van der Waals surface area contributed by atoms with Crippen molar-refractivity contribution in [2.24, 2.45) is 5.92 Å². The average molecular weight is 227 g/mol. The predicted octanol–water partition coefficient (Wildman–Crippen LogP) is 1.63. The maximum absolute atomic E-state index is 11.6. The van der Waals surface area contributed by atoms with Gasteiger partial charge in [-0.2, -0.15) is 0 Å². The quantitative estimate of drug-likeness (QED) is 0.726. The summed E-state index contributed by atoms with van der Waals surface area (Å²) in [6, 6.07) is -0.533. The Kier molecular flexibility index (Phi) is 5.29. The van der Waals surface area contributed by atoms with E-state index in [1.165, 1.54) is 12.8 Å². The number of ether oxygens (including phenoxy) is 1. The van der Waals surface area contributed by atoms with Gasteiger partial charge >= 0.3 is 5.97 Å². The van der Waals surface area contributed by atoms with Crippen LogP contribution < -0.4 is 5.32 Å². The fourth-order valence-electron chi connectivity index (χ4n) is 2.10. The highest BCUT2D eigenvalue weighted by atomic mass is 16.5. The number of amides is 1. The number of hydrogen-bond donors (Lipinski definition) is 1. The predicted molar refractivity (Wildman–Crippen MR) is 60.8 cm³/mol. The molecule has 1 unspecified atom stereocenters. The van der Waals surface area contributed by atoms with Gasteiger partial charge < -0.3 is 10.1 Å². The third kappa shape index (κ3) is 4.21. The molecular formula is C12H21NO3. The van der Waals surface area contributed by atoms with Gasteiger partial charge in [0.25, 0.3) is 0 Å². The minimum Gasteiger partial charge on any atom is -0.464 e. The Morgan fingerprint density at radius 3 is 2.56 bits per heavy atom. The van der Waals surface area contributed by atoms with E-state index >= 15 is 0 Å². The highest BCUT2D eigenvalue weighted by Crippen LogP contribution is 2.27. The Morgan fingerprint density at radius 2 is 2.00 bits per heavy atom. The van der Waals surface area contributed by atoms with Crippen LogP contribution >= 0.6 is 0 Å². The van der Waals surface area contributed by atoms with Gasteiger partial charge in [-0.1, -0.05) is 12.8 Å². The summed E-state index contributed by atoms with van der Waals surface area (Å²) in [5.74, 6) is 0.115. The molecule has 0 aromatic rings. The molecule has 0 aliphatic heterocycles.